The summed E-state index contributed by atoms with van der Waals surface area (Å²) in [5.41, 5.74) is 3.59. The van der Waals surface area contributed by atoms with Gasteiger partial charge in [-0.15, -0.1) is 0 Å². The molecule has 0 aliphatic heterocycles. The van der Waals surface area contributed by atoms with Crippen LogP contribution in [0.15, 0.2) is 12.7 Å². The summed E-state index contributed by atoms with van der Waals surface area (Å²) in [5, 5.41) is 0. The van der Waals surface area contributed by atoms with Crippen LogP contribution >= 0.6 is 0 Å². The van der Waals surface area contributed by atoms with Crippen molar-refractivity contribution in [1.82, 2.24) is 10.9 Å². The van der Waals surface area contributed by atoms with Gasteiger partial charge in [0.1, 0.15) is 0 Å². The van der Waals surface area contributed by atoms with Gasteiger partial charge in [-0.2, -0.15) is 0 Å². The molecule has 0 saturated carbocycles. The second kappa shape index (κ2) is 6.62. The van der Waals surface area contributed by atoms with Crippen LogP contribution in [0.4, 0.5) is 0 Å². The molecule has 0 aliphatic rings. The number of hydrazine groups is 1. The minimum atomic E-state index is -4.33. The molecule has 0 aliphatic carbocycles. The van der Waals surface area contributed by atoms with E-state index in [1.54, 1.807) is 0 Å². The zero-order chi connectivity index (χ0) is 11.4. The summed E-state index contributed by atoms with van der Waals surface area (Å²) in [6, 6.07) is 0. The fourth-order valence-corrected chi connectivity index (χ4v) is 1.72. The third-order valence-electron chi connectivity index (χ3n) is 1.25. The Kier molecular flexibility index (Phi) is 7.71. The number of carbonyl (C=O) groups is 1. The van der Waals surface area contributed by atoms with Crippen LogP contribution in [-0.4, -0.2) is 30.2 Å². The Morgan fingerprint density at radius 2 is 2.00 bits per heavy atom. The third-order valence-corrected chi connectivity index (χ3v) is 2.32. The second-order valence-electron chi connectivity index (χ2n) is 3.40. The normalized spacial score (nSPS) is 11.4. The second-order valence-corrected chi connectivity index (χ2v) is 4.81. The van der Waals surface area contributed by atoms with Crippen LogP contribution in [-0.2, 0) is 14.9 Å². The molecule has 82 valence electrons. The van der Waals surface area contributed by atoms with Crippen molar-refractivity contribution in [3.8, 4) is 0 Å². The van der Waals surface area contributed by atoms with Crippen molar-refractivity contribution in [2.45, 2.75) is 19.4 Å². The Bertz CT molecular complexity index is 326. The quantitative estimate of drug-likeness (QED) is 0.223. The predicted molar refractivity (Wildman–Crippen MR) is 50.1 cm³/mol. The van der Waals surface area contributed by atoms with E-state index in [0.29, 0.717) is 0 Å². The first kappa shape index (κ1) is 17.5. The maximum absolute atomic E-state index is 10.7. The largest absolute Gasteiger partial charge is 1.00 e. The van der Waals surface area contributed by atoms with Crippen molar-refractivity contribution in [2.75, 3.05) is 5.75 Å². The summed E-state index contributed by atoms with van der Waals surface area (Å²) in [5.74, 6) is -1.11. The van der Waals surface area contributed by atoms with Crippen LogP contribution in [0, 0.1) is 0 Å². The summed E-state index contributed by atoms with van der Waals surface area (Å²) in [6.07, 6.45) is 1.02. The number of rotatable bonds is 5. The molecule has 1 amide bonds. The molecule has 2 N–H and O–H groups in total. The van der Waals surface area contributed by atoms with Gasteiger partial charge in [0.15, 0.2) is 0 Å². The molecule has 0 rings (SSSR count). The van der Waals surface area contributed by atoms with E-state index in [-0.39, 0.29) is 29.6 Å². The van der Waals surface area contributed by atoms with Crippen LogP contribution in [0.1, 0.15) is 13.8 Å². The molecule has 0 atom stereocenters. The minimum absolute atomic E-state index is 0. The molecule has 0 radical (unpaired) electrons. The van der Waals surface area contributed by atoms with Gasteiger partial charge < -0.3 is 4.55 Å². The summed E-state index contributed by atoms with van der Waals surface area (Å²) < 4.78 is 31.3. The topological polar surface area (TPSA) is 98.3 Å². The summed E-state index contributed by atoms with van der Waals surface area (Å²) in [6.45, 7) is 6.16. The molecule has 0 aromatic carbocycles. The van der Waals surface area contributed by atoms with E-state index in [9.17, 15) is 17.8 Å². The number of hydrogen-bond donors (Lipinski definition) is 2. The van der Waals surface area contributed by atoms with Gasteiger partial charge in [-0.3, -0.25) is 10.2 Å². The van der Waals surface area contributed by atoms with Gasteiger partial charge in [0.2, 0.25) is 0 Å². The molecule has 0 aromatic rings. The van der Waals surface area contributed by atoms with E-state index < -0.39 is 27.3 Å². The first-order valence-electron chi connectivity index (χ1n) is 3.79. The molecule has 0 saturated heterocycles. The van der Waals surface area contributed by atoms with Crippen molar-refractivity contribution in [3.05, 3.63) is 12.7 Å². The van der Waals surface area contributed by atoms with Crippen molar-refractivity contribution < 1.29 is 47.3 Å². The Morgan fingerprint density at radius 1 is 1.53 bits per heavy atom. The Morgan fingerprint density at radius 3 is 2.33 bits per heavy atom. The van der Waals surface area contributed by atoms with Gasteiger partial charge in [-0.05, 0) is 19.9 Å². The molecular weight excluding hydrogens is 231 g/mol. The predicted octanol–water partition coefficient (Wildman–Crippen LogP) is -3.88. The maximum Gasteiger partial charge on any atom is 1.00 e. The van der Waals surface area contributed by atoms with Crippen molar-refractivity contribution in [2.24, 2.45) is 0 Å². The van der Waals surface area contributed by atoms with E-state index in [2.05, 4.69) is 17.4 Å². The minimum Gasteiger partial charge on any atom is -0.748 e. The monoisotopic (exact) mass is 244 g/mol. The van der Waals surface area contributed by atoms with Crippen LogP contribution in [0.25, 0.3) is 0 Å². The number of nitrogens with one attached hydrogen (secondary N) is 2. The SMILES string of the molecule is C=CC(=O)NNC(C)(C)CS(=O)(=O)[O-].[Na+]. The zero-order valence-corrected chi connectivity index (χ0v) is 11.8. The number of hydrogen-bond acceptors (Lipinski definition) is 5. The van der Waals surface area contributed by atoms with E-state index in [1.165, 1.54) is 13.8 Å². The van der Waals surface area contributed by atoms with Crippen LogP contribution < -0.4 is 40.4 Å². The molecule has 0 unspecified atom stereocenters. The molecule has 15 heavy (non-hydrogen) atoms. The van der Waals surface area contributed by atoms with Gasteiger partial charge in [-0.25, -0.2) is 13.8 Å². The number of amides is 1. The average molecular weight is 244 g/mol. The van der Waals surface area contributed by atoms with E-state index in [1.807, 2.05) is 0 Å². The first-order chi connectivity index (χ1) is 6.16. The zero-order valence-electron chi connectivity index (χ0n) is 9.03. The van der Waals surface area contributed by atoms with E-state index in [4.69, 9.17) is 0 Å². The van der Waals surface area contributed by atoms with Crippen molar-refractivity contribution >= 4 is 16.0 Å². The molecule has 8 heteroatoms. The van der Waals surface area contributed by atoms with E-state index >= 15 is 0 Å². The molecule has 6 nitrogen and oxygen atoms in total. The fourth-order valence-electron chi connectivity index (χ4n) is 0.760. The van der Waals surface area contributed by atoms with Crippen LogP contribution in [0.2, 0.25) is 0 Å². The molecule has 0 spiro atoms. The molecular formula is C7H13N2NaO4S. The third kappa shape index (κ3) is 10.4. The van der Waals surface area contributed by atoms with Gasteiger partial charge >= 0.3 is 29.6 Å². The summed E-state index contributed by atoms with van der Waals surface area (Å²) in [4.78, 5) is 10.7. The maximum atomic E-state index is 10.7. The van der Waals surface area contributed by atoms with Crippen LogP contribution in [0.5, 0.6) is 0 Å². The first-order valence-corrected chi connectivity index (χ1v) is 5.37. The number of carbonyl (C=O) groups excluding carboxylic acids is 1. The standard InChI is InChI=1S/C7H14N2O4S.Na/c1-4-6(10)8-9-7(2,3)5-14(11,12)13;/h4,9H,1,5H2,2-3H3,(H,8,10)(H,11,12,13);/q;+1/p-1. The van der Waals surface area contributed by atoms with Gasteiger partial charge in [0.05, 0.1) is 15.9 Å². The van der Waals surface area contributed by atoms with Gasteiger partial charge in [0, 0.05) is 5.54 Å². The summed E-state index contributed by atoms with van der Waals surface area (Å²) in [7, 11) is -4.33. The van der Waals surface area contributed by atoms with Crippen molar-refractivity contribution in [1.29, 1.82) is 0 Å². The fraction of sp³-hybridized carbons (Fsp3) is 0.571. The summed E-state index contributed by atoms with van der Waals surface area (Å²) >= 11 is 0. The molecule has 0 fully saturated rings. The van der Waals surface area contributed by atoms with Gasteiger partial charge in [0.25, 0.3) is 5.91 Å². The Balaban J connectivity index is 0. The molecule has 0 heterocycles. The Labute approximate surface area is 112 Å². The molecule has 0 aromatic heterocycles. The molecule has 0 bridgehead atoms. The Hall–Kier alpha value is 0.0800. The average Bonchev–Trinajstić information content (AvgIpc) is 1.96. The van der Waals surface area contributed by atoms with E-state index in [0.717, 1.165) is 6.08 Å². The van der Waals surface area contributed by atoms with Crippen LogP contribution in [0.3, 0.4) is 0 Å². The van der Waals surface area contributed by atoms with Gasteiger partial charge in [-0.1, -0.05) is 6.58 Å². The van der Waals surface area contributed by atoms with Crippen molar-refractivity contribution in [3.63, 3.8) is 0 Å². The smallest absolute Gasteiger partial charge is 0.748 e.